The van der Waals surface area contributed by atoms with Crippen LogP contribution in [0.5, 0.6) is 5.75 Å². The molecule has 3 amide bonds. The van der Waals surface area contributed by atoms with E-state index in [1.54, 1.807) is 43.0 Å². The number of β-amino-alcohol motifs (C(OH)–C–C–N with tert-alkyl or cyclic N) is 1. The van der Waals surface area contributed by atoms with Gasteiger partial charge in [0.2, 0.25) is 23.7 Å². The Kier molecular flexibility index (Phi) is 16.3. The molecule has 2 aliphatic heterocycles. The quantitative estimate of drug-likeness (QED) is 0.103. The van der Waals surface area contributed by atoms with Crippen LogP contribution in [0.1, 0.15) is 105 Å². The molecule has 0 aliphatic carbocycles. The zero-order chi connectivity index (χ0) is 45.5. The van der Waals surface area contributed by atoms with E-state index in [1.165, 1.54) is 6.20 Å². The highest BCUT2D eigenvalue weighted by Crippen LogP contribution is 2.39. The molecular formula is C45H64ClN7O8S. The topological polar surface area (TPSA) is 192 Å². The standard InChI is InChI=1S/C45H64ClN7O8S/c1-27(2)61-37-24-33(29(5)22-36(37)49-44-47-25-34(46)42(51-44)48-35-12-10-11-13-38(35)62(58,59)28(3)4)31-14-18-52(19-15-31)40(56)17-21-60-20-16-39(55)50-41(45(7,8)9)43(57)53-26-32(54)23-30(53)6/h10-13,22,24-25,27-28,30-32,41,54H,14-21,23,26H2,1-9H3,(H,50,55)(H2,47,48,49,51)/t30-,32-,41-/m1/s1. The lowest BCUT2D eigenvalue weighted by Gasteiger charge is -2.35. The van der Waals surface area contributed by atoms with Gasteiger partial charge in [-0.3, -0.25) is 14.4 Å². The molecule has 2 aliphatic rings. The third-order valence-corrected chi connectivity index (χ3v) is 13.8. The number of rotatable bonds is 17. The molecule has 340 valence electrons. The number of nitrogens with one attached hydrogen (secondary N) is 3. The van der Waals surface area contributed by atoms with Gasteiger partial charge >= 0.3 is 0 Å². The molecule has 2 aromatic carbocycles. The van der Waals surface area contributed by atoms with E-state index in [9.17, 15) is 27.9 Å². The average Bonchev–Trinajstić information content (AvgIpc) is 3.55. The molecule has 2 saturated heterocycles. The highest BCUT2D eigenvalue weighted by Gasteiger charge is 2.40. The van der Waals surface area contributed by atoms with Crippen molar-refractivity contribution in [3.8, 4) is 5.75 Å². The second-order valence-electron chi connectivity index (χ2n) is 18.0. The predicted molar refractivity (Wildman–Crippen MR) is 241 cm³/mol. The number of sulfone groups is 1. The number of hydrogen-bond donors (Lipinski definition) is 4. The van der Waals surface area contributed by atoms with E-state index in [4.69, 9.17) is 21.1 Å². The van der Waals surface area contributed by atoms with Crippen LogP contribution in [-0.2, 0) is 29.0 Å². The Labute approximate surface area is 371 Å². The number of anilines is 4. The zero-order valence-electron chi connectivity index (χ0n) is 37.5. The molecule has 3 atom stereocenters. The summed E-state index contributed by atoms with van der Waals surface area (Å²) < 4.78 is 38.1. The fourth-order valence-corrected chi connectivity index (χ4v) is 9.15. The number of halogens is 1. The first kappa shape index (κ1) is 48.5. The third kappa shape index (κ3) is 12.4. The van der Waals surface area contributed by atoms with Crippen molar-refractivity contribution in [3.05, 3.63) is 58.7 Å². The van der Waals surface area contributed by atoms with Gasteiger partial charge in [-0.1, -0.05) is 44.5 Å². The summed E-state index contributed by atoms with van der Waals surface area (Å²) in [4.78, 5) is 52.0. The summed E-state index contributed by atoms with van der Waals surface area (Å²) in [5.41, 5.74) is 2.65. The summed E-state index contributed by atoms with van der Waals surface area (Å²) in [6.45, 7) is 18.5. The first-order chi connectivity index (χ1) is 29.1. The van der Waals surface area contributed by atoms with Crippen LogP contribution in [-0.4, -0.2) is 113 Å². The SMILES string of the molecule is Cc1cc(Nc2ncc(Cl)c(Nc3ccccc3S(=O)(=O)C(C)C)n2)c(OC(C)C)cc1C1CCN(C(=O)CCOCCC(=O)N[C@H](C(=O)N2C[C@H](O)C[C@H]2C)C(C)(C)C)CC1. The van der Waals surface area contributed by atoms with Gasteiger partial charge in [-0.05, 0) is 108 Å². The van der Waals surface area contributed by atoms with Gasteiger partial charge in [0, 0.05) is 32.1 Å². The van der Waals surface area contributed by atoms with Crippen molar-refractivity contribution in [2.24, 2.45) is 5.41 Å². The number of para-hydroxylation sites is 1. The maximum atomic E-state index is 13.3. The fraction of sp³-hybridized carbons (Fsp3) is 0.578. The van der Waals surface area contributed by atoms with E-state index < -0.39 is 32.6 Å². The van der Waals surface area contributed by atoms with Gasteiger partial charge in [0.25, 0.3) is 0 Å². The zero-order valence-corrected chi connectivity index (χ0v) is 39.0. The van der Waals surface area contributed by atoms with Crippen LogP contribution in [0.2, 0.25) is 5.02 Å². The fourth-order valence-electron chi connectivity index (χ4n) is 7.81. The number of aromatic nitrogens is 2. The number of piperidine rings is 1. The molecule has 0 spiro atoms. The van der Waals surface area contributed by atoms with Gasteiger partial charge in [-0.15, -0.1) is 0 Å². The van der Waals surface area contributed by atoms with Crippen molar-refractivity contribution in [1.29, 1.82) is 0 Å². The van der Waals surface area contributed by atoms with Crippen LogP contribution >= 0.6 is 11.6 Å². The number of aryl methyl sites for hydroxylation is 1. The van der Waals surface area contributed by atoms with Crippen LogP contribution in [0.3, 0.4) is 0 Å². The maximum Gasteiger partial charge on any atom is 0.246 e. The smallest absolute Gasteiger partial charge is 0.246 e. The average molecular weight is 899 g/mol. The summed E-state index contributed by atoms with van der Waals surface area (Å²) >= 11 is 6.49. The molecule has 3 aromatic rings. The van der Waals surface area contributed by atoms with E-state index in [0.717, 1.165) is 24.0 Å². The highest BCUT2D eigenvalue weighted by molar-refractivity contribution is 7.92. The molecule has 5 rings (SSSR count). The number of benzene rings is 2. The van der Waals surface area contributed by atoms with E-state index in [2.05, 4.69) is 25.9 Å². The second kappa shape index (κ2) is 20.8. The van der Waals surface area contributed by atoms with Gasteiger partial charge in [0.15, 0.2) is 15.7 Å². The molecule has 3 heterocycles. The highest BCUT2D eigenvalue weighted by atomic mass is 35.5. The second-order valence-corrected chi connectivity index (χ2v) is 20.8. The Morgan fingerprint density at radius 1 is 1.00 bits per heavy atom. The van der Waals surface area contributed by atoms with E-state index in [1.807, 2.05) is 65.5 Å². The Morgan fingerprint density at radius 2 is 1.68 bits per heavy atom. The summed E-state index contributed by atoms with van der Waals surface area (Å²) in [5, 5.41) is 18.9. The van der Waals surface area contributed by atoms with Crippen molar-refractivity contribution >= 4 is 62.3 Å². The van der Waals surface area contributed by atoms with Crippen LogP contribution in [0.25, 0.3) is 0 Å². The molecule has 1 aromatic heterocycles. The third-order valence-electron chi connectivity index (χ3n) is 11.3. The van der Waals surface area contributed by atoms with Crippen molar-refractivity contribution in [3.63, 3.8) is 0 Å². The first-order valence-corrected chi connectivity index (χ1v) is 23.4. The lowest BCUT2D eigenvalue weighted by Crippen LogP contribution is -2.55. The Morgan fingerprint density at radius 3 is 2.31 bits per heavy atom. The normalized spacial score (nSPS) is 18.0. The maximum absolute atomic E-state index is 13.3. The number of likely N-dealkylation sites (tertiary alicyclic amines) is 2. The van der Waals surface area contributed by atoms with Crippen molar-refractivity contribution in [2.75, 3.05) is 43.5 Å². The van der Waals surface area contributed by atoms with E-state index in [0.29, 0.717) is 36.6 Å². The Bertz CT molecular complexity index is 2170. The van der Waals surface area contributed by atoms with Crippen LogP contribution in [0.4, 0.5) is 23.1 Å². The number of aliphatic hydroxyl groups is 1. The molecule has 0 radical (unpaired) electrons. The lowest BCUT2D eigenvalue weighted by atomic mass is 9.85. The largest absolute Gasteiger partial charge is 0.489 e. The van der Waals surface area contributed by atoms with Gasteiger partial charge in [-0.25, -0.2) is 13.4 Å². The molecule has 62 heavy (non-hydrogen) atoms. The summed E-state index contributed by atoms with van der Waals surface area (Å²) in [6, 6.07) is 9.83. The summed E-state index contributed by atoms with van der Waals surface area (Å²) in [5.74, 6) is 0.778. The molecule has 2 fully saturated rings. The van der Waals surface area contributed by atoms with Gasteiger partial charge < -0.3 is 40.3 Å². The molecule has 0 saturated carbocycles. The van der Waals surface area contributed by atoms with E-state index in [-0.39, 0.29) is 90.1 Å². The van der Waals surface area contributed by atoms with Crippen LogP contribution < -0.4 is 20.7 Å². The van der Waals surface area contributed by atoms with Crippen LogP contribution in [0, 0.1) is 12.3 Å². The predicted octanol–water partition coefficient (Wildman–Crippen LogP) is 6.91. The number of aliphatic hydroxyl groups excluding tert-OH is 1. The molecular weight excluding hydrogens is 834 g/mol. The lowest BCUT2D eigenvalue weighted by molar-refractivity contribution is -0.140. The first-order valence-electron chi connectivity index (χ1n) is 21.5. The molecule has 4 N–H and O–H groups in total. The van der Waals surface area contributed by atoms with Gasteiger partial charge in [-0.2, -0.15) is 4.98 Å². The Hall–Kier alpha value is -4.51. The number of amides is 3. The number of nitrogens with zero attached hydrogens (tertiary/aromatic N) is 4. The molecule has 0 bridgehead atoms. The molecule has 15 nitrogen and oxygen atoms in total. The van der Waals surface area contributed by atoms with Gasteiger partial charge in [0.05, 0.1) is 59.6 Å². The minimum absolute atomic E-state index is 0.00447. The summed E-state index contributed by atoms with van der Waals surface area (Å²) in [7, 11) is -3.59. The number of ether oxygens (including phenoxy) is 2. The van der Waals surface area contributed by atoms with E-state index >= 15 is 0 Å². The molecule has 0 unspecified atom stereocenters. The molecule has 17 heteroatoms. The minimum atomic E-state index is -3.59. The number of hydrogen-bond acceptors (Lipinski definition) is 12. The van der Waals surface area contributed by atoms with Crippen LogP contribution in [0.15, 0.2) is 47.5 Å². The minimum Gasteiger partial charge on any atom is -0.489 e. The van der Waals surface area contributed by atoms with Gasteiger partial charge in [0.1, 0.15) is 16.8 Å². The van der Waals surface area contributed by atoms with Crippen molar-refractivity contribution < 1.29 is 37.4 Å². The summed E-state index contributed by atoms with van der Waals surface area (Å²) in [6.07, 6.45) is 3.07. The Balaban J connectivity index is 1.14. The van der Waals surface area contributed by atoms with Crippen molar-refractivity contribution in [1.82, 2.24) is 25.1 Å². The van der Waals surface area contributed by atoms with Crippen molar-refractivity contribution in [2.45, 2.75) is 135 Å². The number of carbonyl (C=O) groups is 3. The monoisotopic (exact) mass is 897 g/mol. The number of carbonyl (C=O) groups excluding carboxylic acids is 3.